The highest BCUT2D eigenvalue weighted by Crippen LogP contribution is 2.22. The molecule has 3 aromatic rings. The van der Waals surface area contributed by atoms with Gasteiger partial charge in [-0.3, -0.25) is 9.69 Å². The summed E-state index contributed by atoms with van der Waals surface area (Å²) in [5.74, 6) is -0.123. The fourth-order valence-corrected chi connectivity index (χ4v) is 4.12. The van der Waals surface area contributed by atoms with E-state index in [4.69, 9.17) is 0 Å². The van der Waals surface area contributed by atoms with Crippen molar-refractivity contribution in [2.75, 3.05) is 37.6 Å². The van der Waals surface area contributed by atoms with Crippen LogP contribution in [0.4, 0.5) is 10.1 Å². The van der Waals surface area contributed by atoms with E-state index < -0.39 is 0 Å². The molecule has 1 aliphatic heterocycles. The van der Waals surface area contributed by atoms with Gasteiger partial charge >= 0.3 is 0 Å². The lowest BCUT2D eigenvalue weighted by atomic mass is 10.1. The number of benzene rings is 2. The molecule has 0 spiro atoms. The average molecular weight is 391 g/mol. The third-order valence-electron chi connectivity index (χ3n) is 5.68. The number of Topliss-reactive ketones (excluding diaryl/α,β-unsaturated/α-hetero) is 1. The van der Waals surface area contributed by atoms with Gasteiger partial charge in [0.05, 0.1) is 6.54 Å². The summed E-state index contributed by atoms with van der Waals surface area (Å²) >= 11 is 0. The summed E-state index contributed by atoms with van der Waals surface area (Å²) in [6.45, 7) is 7.95. The van der Waals surface area contributed by atoms with Crippen LogP contribution < -0.4 is 4.90 Å². The number of anilines is 1. The van der Waals surface area contributed by atoms with E-state index in [0.29, 0.717) is 6.54 Å². The summed E-state index contributed by atoms with van der Waals surface area (Å²) in [5.41, 5.74) is 4.74. The Morgan fingerprint density at radius 1 is 0.897 bits per heavy atom. The zero-order valence-corrected chi connectivity index (χ0v) is 16.9. The topological polar surface area (TPSA) is 28.5 Å². The van der Waals surface area contributed by atoms with Gasteiger partial charge in [0.2, 0.25) is 0 Å². The van der Waals surface area contributed by atoms with Gasteiger partial charge in [-0.25, -0.2) is 4.39 Å². The molecule has 2 aromatic carbocycles. The maximum Gasteiger partial charge on any atom is 0.178 e. The summed E-state index contributed by atoms with van der Waals surface area (Å²) in [6, 6.07) is 18.7. The van der Waals surface area contributed by atoms with E-state index >= 15 is 0 Å². The lowest BCUT2D eigenvalue weighted by Crippen LogP contribution is -2.48. The maximum atomic E-state index is 13.3. The van der Waals surface area contributed by atoms with Gasteiger partial charge in [-0.05, 0) is 56.3 Å². The van der Waals surface area contributed by atoms with Crippen LogP contribution in [0.3, 0.4) is 0 Å². The predicted octanol–water partition coefficient (Wildman–Crippen LogP) is 4.24. The number of aromatic nitrogens is 1. The van der Waals surface area contributed by atoms with Crippen molar-refractivity contribution in [3.8, 4) is 5.69 Å². The molecular formula is C24H26FN3O. The summed E-state index contributed by atoms with van der Waals surface area (Å²) in [6.07, 6.45) is 0. The van der Waals surface area contributed by atoms with E-state index in [0.717, 1.165) is 48.8 Å². The highest BCUT2D eigenvalue weighted by atomic mass is 19.1. The van der Waals surface area contributed by atoms with Crippen LogP contribution in [0, 0.1) is 19.7 Å². The molecule has 0 atom stereocenters. The summed E-state index contributed by atoms with van der Waals surface area (Å²) in [7, 11) is 0. The number of nitrogens with zero attached hydrogens (tertiary/aromatic N) is 3. The number of halogens is 1. The van der Waals surface area contributed by atoms with Gasteiger partial charge in [-0.15, -0.1) is 0 Å². The van der Waals surface area contributed by atoms with Crippen molar-refractivity contribution in [1.29, 1.82) is 0 Å². The van der Waals surface area contributed by atoms with Crippen molar-refractivity contribution < 1.29 is 9.18 Å². The molecule has 4 rings (SSSR count). The molecule has 0 amide bonds. The molecule has 0 saturated carbocycles. The Hall–Kier alpha value is -2.92. The van der Waals surface area contributed by atoms with Crippen LogP contribution in [0.5, 0.6) is 0 Å². The molecular weight excluding hydrogens is 365 g/mol. The van der Waals surface area contributed by atoms with Crippen LogP contribution in [-0.2, 0) is 0 Å². The predicted molar refractivity (Wildman–Crippen MR) is 115 cm³/mol. The molecule has 0 aliphatic carbocycles. The van der Waals surface area contributed by atoms with Crippen molar-refractivity contribution in [2.45, 2.75) is 13.8 Å². The summed E-state index contributed by atoms with van der Waals surface area (Å²) in [4.78, 5) is 17.6. The average Bonchev–Trinajstić information content (AvgIpc) is 3.04. The second-order valence-electron chi connectivity index (χ2n) is 7.62. The Kier molecular flexibility index (Phi) is 5.49. The molecule has 0 bridgehead atoms. The monoisotopic (exact) mass is 391 g/mol. The van der Waals surface area contributed by atoms with Crippen LogP contribution in [0.25, 0.3) is 5.69 Å². The number of para-hydroxylation sites is 1. The highest BCUT2D eigenvalue weighted by molar-refractivity contribution is 5.99. The number of carbonyl (C=O) groups excluding carboxylic acids is 1. The number of hydrogen-bond donors (Lipinski definition) is 0. The third kappa shape index (κ3) is 4.10. The molecule has 1 saturated heterocycles. The molecule has 29 heavy (non-hydrogen) atoms. The van der Waals surface area contributed by atoms with Crippen LogP contribution in [0.1, 0.15) is 21.7 Å². The molecule has 150 valence electrons. The largest absolute Gasteiger partial charge is 0.369 e. The van der Waals surface area contributed by atoms with Crippen molar-refractivity contribution in [1.82, 2.24) is 9.47 Å². The Morgan fingerprint density at radius 2 is 1.55 bits per heavy atom. The van der Waals surface area contributed by atoms with Crippen molar-refractivity contribution >= 4 is 11.5 Å². The molecule has 0 radical (unpaired) electrons. The molecule has 1 aromatic heterocycles. The third-order valence-corrected chi connectivity index (χ3v) is 5.68. The highest BCUT2D eigenvalue weighted by Gasteiger charge is 2.22. The summed E-state index contributed by atoms with van der Waals surface area (Å²) < 4.78 is 15.3. The Labute approximate surface area is 171 Å². The minimum Gasteiger partial charge on any atom is -0.369 e. The molecule has 1 fully saturated rings. The standard InChI is InChI=1S/C24H26FN3O/c1-18-16-23(19(2)28(18)22-10-8-20(25)9-11-22)24(29)17-26-12-14-27(15-13-26)21-6-4-3-5-7-21/h3-11,16H,12-15,17H2,1-2H3. The Balaban J connectivity index is 1.43. The van der Waals surface area contributed by atoms with Crippen LogP contribution in [0.15, 0.2) is 60.7 Å². The first-order chi connectivity index (χ1) is 14.0. The number of piperazine rings is 1. The van der Waals surface area contributed by atoms with E-state index in [2.05, 4.69) is 34.1 Å². The van der Waals surface area contributed by atoms with Gasteiger partial charge in [-0.1, -0.05) is 18.2 Å². The normalized spacial score (nSPS) is 14.9. The molecule has 0 unspecified atom stereocenters. The van der Waals surface area contributed by atoms with Gasteiger partial charge in [-0.2, -0.15) is 0 Å². The van der Waals surface area contributed by atoms with Crippen LogP contribution in [0.2, 0.25) is 0 Å². The first-order valence-corrected chi connectivity index (χ1v) is 10.0. The SMILES string of the molecule is Cc1cc(C(=O)CN2CCN(c3ccccc3)CC2)c(C)n1-c1ccc(F)cc1. The minimum absolute atomic E-state index is 0.139. The molecule has 5 heteroatoms. The fourth-order valence-electron chi connectivity index (χ4n) is 4.12. The van der Waals surface area contributed by atoms with Crippen molar-refractivity contribution in [3.05, 3.63) is 83.4 Å². The second kappa shape index (κ2) is 8.21. The first kappa shape index (κ1) is 19.4. The molecule has 1 aliphatic rings. The number of rotatable bonds is 5. The Morgan fingerprint density at radius 3 is 2.21 bits per heavy atom. The number of aryl methyl sites for hydroxylation is 1. The van der Waals surface area contributed by atoms with Gasteiger partial charge in [0.1, 0.15) is 5.82 Å². The molecule has 4 nitrogen and oxygen atoms in total. The lowest BCUT2D eigenvalue weighted by molar-refractivity contribution is 0.0926. The first-order valence-electron chi connectivity index (χ1n) is 10.0. The number of ketones is 1. The van der Waals surface area contributed by atoms with Crippen LogP contribution in [-0.4, -0.2) is 48.0 Å². The Bertz CT molecular complexity index is 987. The van der Waals surface area contributed by atoms with Gasteiger partial charge in [0.15, 0.2) is 5.78 Å². The van der Waals surface area contributed by atoms with E-state index in [9.17, 15) is 9.18 Å². The van der Waals surface area contributed by atoms with E-state index in [1.165, 1.54) is 17.8 Å². The number of hydrogen-bond acceptors (Lipinski definition) is 3. The second-order valence-corrected chi connectivity index (χ2v) is 7.62. The zero-order chi connectivity index (χ0) is 20.4. The maximum absolute atomic E-state index is 13.3. The van der Waals surface area contributed by atoms with Crippen molar-refractivity contribution in [2.24, 2.45) is 0 Å². The number of carbonyl (C=O) groups is 1. The van der Waals surface area contributed by atoms with E-state index in [1.807, 2.05) is 30.5 Å². The minimum atomic E-state index is -0.262. The quantitative estimate of drug-likeness (QED) is 0.609. The smallest absolute Gasteiger partial charge is 0.178 e. The fraction of sp³-hybridized carbons (Fsp3) is 0.292. The van der Waals surface area contributed by atoms with Gasteiger partial charge < -0.3 is 9.47 Å². The zero-order valence-electron chi connectivity index (χ0n) is 16.9. The molecule has 2 heterocycles. The van der Waals surface area contributed by atoms with Gasteiger partial charge in [0.25, 0.3) is 0 Å². The lowest BCUT2D eigenvalue weighted by Gasteiger charge is -2.35. The van der Waals surface area contributed by atoms with E-state index in [1.54, 1.807) is 12.1 Å². The van der Waals surface area contributed by atoms with E-state index in [-0.39, 0.29) is 11.6 Å². The molecule has 0 N–H and O–H groups in total. The van der Waals surface area contributed by atoms with Crippen LogP contribution >= 0.6 is 0 Å². The van der Waals surface area contributed by atoms with Gasteiger partial charge in [0, 0.05) is 54.5 Å². The van der Waals surface area contributed by atoms with Crippen molar-refractivity contribution in [3.63, 3.8) is 0 Å². The summed E-state index contributed by atoms with van der Waals surface area (Å²) in [5, 5.41) is 0.